The van der Waals surface area contributed by atoms with E-state index in [9.17, 15) is 4.79 Å². The van der Waals surface area contributed by atoms with Crippen molar-refractivity contribution in [2.24, 2.45) is 0 Å². The molecule has 23 heavy (non-hydrogen) atoms. The first-order valence-electron chi connectivity index (χ1n) is 7.12. The van der Waals surface area contributed by atoms with Crippen molar-refractivity contribution in [2.75, 3.05) is 19.0 Å². The summed E-state index contributed by atoms with van der Waals surface area (Å²) >= 11 is 12.1. The van der Waals surface area contributed by atoms with E-state index in [2.05, 4.69) is 10.6 Å². The number of halogens is 2. The molecule has 0 unspecified atom stereocenters. The van der Waals surface area contributed by atoms with E-state index in [0.717, 1.165) is 5.56 Å². The van der Waals surface area contributed by atoms with Crippen molar-refractivity contribution in [1.29, 1.82) is 0 Å². The van der Waals surface area contributed by atoms with Crippen LogP contribution in [0.4, 0.5) is 5.69 Å². The standard InChI is InChI=1S/C17H18Cl2N2O2/c1-11(13-8-7-12(18)9-14(13)19)20-10-17(22)21-15-5-3-4-6-16(15)23-2/h3-9,11,20H,10H2,1-2H3,(H,21,22)/t11-/m0/s1. The summed E-state index contributed by atoms with van der Waals surface area (Å²) in [7, 11) is 1.56. The molecular weight excluding hydrogens is 335 g/mol. The predicted octanol–water partition coefficient (Wildman–Crippen LogP) is 4.29. The zero-order valence-electron chi connectivity index (χ0n) is 12.9. The highest BCUT2D eigenvalue weighted by molar-refractivity contribution is 6.35. The molecule has 1 atom stereocenters. The van der Waals surface area contributed by atoms with Gasteiger partial charge < -0.3 is 15.4 Å². The topological polar surface area (TPSA) is 50.4 Å². The number of anilines is 1. The van der Waals surface area contributed by atoms with Gasteiger partial charge in [0.2, 0.25) is 5.91 Å². The van der Waals surface area contributed by atoms with Crippen LogP contribution in [0.15, 0.2) is 42.5 Å². The normalized spacial score (nSPS) is 11.8. The van der Waals surface area contributed by atoms with Crippen molar-refractivity contribution >= 4 is 34.8 Å². The number of hydrogen-bond acceptors (Lipinski definition) is 3. The molecular formula is C17H18Cl2N2O2. The Morgan fingerprint density at radius 3 is 2.65 bits per heavy atom. The Hall–Kier alpha value is -1.75. The summed E-state index contributed by atoms with van der Waals surface area (Å²) in [6.45, 7) is 2.09. The lowest BCUT2D eigenvalue weighted by molar-refractivity contribution is -0.115. The summed E-state index contributed by atoms with van der Waals surface area (Å²) in [6, 6.07) is 12.5. The first-order chi connectivity index (χ1) is 11.0. The molecule has 0 spiro atoms. The van der Waals surface area contributed by atoms with Crippen LogP contribution in [0.25, 0.3) is 0 Å². The number of methoxy groups -OCH3 is 1. The second-order valence-electron chi connectivity index (χ2n) is 5.02. The number of amides is 1. The minimum absolute atomic E-state index is 0.0804. The zero-order valence-corrected chi connectivity index (χ0v) is 14.4. The number of carbonyl (C=O) groups excluding carboxylic acids is 1. The van der Waals surface area contributed by atoms with Crippen LogP contribution in [0, 0.1) is 0 Å². The summed E-state index contributed by atoms with van der Waals surface area (Å²) in [4.78, 5) is 12.1. The van der Waals surface area contributed by atoms with Gasteiger partial charge in [-0.15, -0.1) is 0 Å². The van der Waals surface area contributed by atoms with Crippen LogP contribution in [0.3, 0.4) is 0 Å². The van der Waals surface area contributed by atoms with Crippen molar-refractivity contribution in [3.05, 3.63) is 58.1 Å². The minimum Gasteiger partial charge on any atom is -0.495 e. The Morgan fingerprint density at radius 2 is 1.96 bits per heavy atom. The summed E-state index contributed by atoms with van der Waals surface area (Å²) in [5.74, 6) is 0.459. The Bertz CT molecular complexity index is 692. The molecule has 2 aromatic carbocycles. The Labute approximate surface area is 145 Å². The predicted molar refractivity (Wildman–Crippen MR) is 94.5 cm³/mol. The van der Waals surface area contributed by atoms with Gasteiger partial charge in [-0.25, -0.2) is 0 Å². The first-order valence-corrected chi connectivity index (χ1v) is 7.88. The van der Waals surface area contributed by atoms with Gasteiger partial charge in [-0.1, -0.05) is 41.4 Å². The van der Waals surface area contributed by atoms with E-state index in [0.29, 0.717) is 21.5 Å². The lowest BCUT2D eigenvalue weighted by atomic mass is 10.1. The number of rotatable bonds is 6. The molecule has 0 bridgehead atoms. The van der Waals surface area contributed by atoms with E-state index < -0.39 is 0 Å². The van der Waals surface area contributed by atoms with Crippen molar-refractivity contribution < 1.29 is 9.53 Å². The molecule has 2 N–H and O–H groups in total. The number of para-hydroxylation sites is 2. The molecule has 0 heterocycles. The fourth-order valence-electron chi connectivity index (χ4n) is 2.15. The van der Waals surface area contributed by atoms with Crippen LogP contribution in [-0.2, 0) is 4.79 Å². The zero-order chi connectivity index (χ0) is 16.8. The van der Waals surface area contributed by atoms with Gasteiger partial charge in [0, 0.05) is 16.1 Å². The second-order valence-corrected chi connectivity index (χ2v) is 5.86. The van der Waals surface area contributed by atoms with E-state index >= 15 is 0 Å². The SMILES string of the molecule is COc1ccccc1NC(=O)CN[C@@H](C)c1ccc(Cl)cc1Cl. The van der Waals surface area contributed by atoms with Gasteiger partial charge in [0.1, 0.15) is 5.75 Å². The largest absolute Gasteiger partial charge is 0.495 e. The summed E-state index contributed by atoms with van der Waals surface area (Å²) in [5, 5.41) is 7.10. The third-order valence-corrected chi connectivity index (χ3v) is 3.94. The van der Waals surface area contributed by atoms with Gasteiger partial charge in [0.15, 0.2) is 0 Å². The molecule has 4 nitrogen and oxygen atoms in total. The molecule has 0 aliphatic carbocycles. The van der Waals surface area contributed by atoms with Gasteiger partial charge in [0.25, 0.3) is 0 Å². The van der Waals surface area contributed by atoms with E-state index in [1.165, 1.54) is 0 Å². The maximum atomic E-state index is 12.1. The van der Waals surface area contributed by atoms with E-state index in [1.807, 2.05) is 25.1 Å². The lowest BCUT2D eigenvalue weighted by Gasteiger charge is -2.16. The highest BCUT2D eigenvalue weighted by Crippen LogP contribution is 2.26. The highest BCUT2D eigenvalue weighted by Gasteiger charge is 2.12. The summed E-state index contributed by atoms with van der Waals surface area (Å²) in [5.41, 5.74) is 1.53. The van der Waals surface area contributed by atoms with Crippen LogP contribution in [0.5, 0.6) is 5.75 Å². The average molecular weight is 353 g/mol. The van der Waals surface area contributed by atoms with Crippen LogP contribution in [0.1, 0.15) is 18.5 Å². The number of benzene rings is 2. The van der Waals surface area contributed by atoms with Gasteiger partial charge in [0.05, 0.1) is 19.3 Å². The summed E-state index contributed by atoms with van der Waals surface area (Å²) in [6.07, 6.45) is 0. The van der Waals surface area contributed by atoms with Gasteiger partial charge >= 0.3 is 0 Å². The second kappa shape index (κ2) is 8.20. The van der Waals surface area contributed by atoms with E-state index in [-0.39, 0.29) is 18.5 Å². The molecule has 0 fully saturated rings. The maximum Gasteiger partial charge on any atom is 0.238 e. The molecule has 0 aliphatic rings. The highest BCUT2D eigenvalue weighted by atomic mass is 35.5. The minimum atomic E-state index is -0.161. The fourth-order valence-corrected chi connectivity index (χ4v) is 2.72. The molecule has 6 heteroatoms. The molecule has 0 aliphatic heterocycles. The number of hydrogen-bond donors (Lipinski definition) is 2. The van der Waals surface area contributed by atoms with E-state index in [1.54, 1.807) is 31.4 Å². The molecule has 0 saturated carbocycles. The molecule has 122 valence electrons. The molecule has 2 aromatic rings. The Balaban J connectivity index is 1.93. The van der Waals surface area contributed by atoms with Crippen molar-refractivity contribution in [3.8, 4) is 5.75 Å². The number of nitrogens with one attached hydrogen (secondary N) is 2. The van der Waals surface area contributed by atoms with Gasteiger partial charge in [-0.05, 0) is 36.8 Å². The lowest BCUT2D eigenvalue weighted by Crippen LogP contribution is -2.30. The van der Waals surface area contributed by atoms with Crippen LogP contribution in [0.2, 0.25) is 10.0 Å². The van der Waals surface area contributed by atoms with Gasteiger partial charge in [-0.2, -0.15) is 0 Å². The number of carbonyl (C=O) groups is 1. The molecule has 0 saturated heterocycles. The monoisotopic (exact) mass is 352 g/mol. The van der Waals surface area contributed by atoms with Crippen molar-refractivity contribution in [3.63, 3.8) is 0 Å². The molecule has 2 rings (SSSR count). The molecule has 0 radical (unpaired) electrons. The van der Waals surface area contributed by atoms with Crippen LogP contribution in [-0.4, -0.2) is 19.6 Å². The van der Waals surface area contributed by atoms with Crippen LogP contribution >= 0.6 is 23.2 Å². The molecule has 0 aromatic heterocycles. The smallest absolute Gasteiger partial charge is 0.238 e. The third kappa shape index (κ3) is 4.86. The number of ether oxygens (including phenoxy) is 1. The Kier molecular flexibility index (Phi) is 6.28. The fraction of sp³-hybridized carbons (Fsp3) is 0.235. The quantitative estimate of drug-likeness (QED) is 0.815. The molecule has 1 amide bonds. The third-order valence-electron chi connectivity index (χ3n) is 3.38. The van der Waals surface area contributed by atoms with Crippen LogP contribution < -0.4 is 15.4 Å². The van der Waals surface area contributed by atoms with Gasteiger partial charge in [-0.3, -0.25) is 4.79 Å². The van der Waals surface area contributed by atoms with Crippen molar-refractivity contribution in [2.45, 2.75) is 13.0 Å². The first kappa shape index (κ1) is 17.6. The maximum absolute atomic E-state index is 12.1. The van der Waals surface area contributed by atoms with E-state index in [4.69, 9.17) is 27.9 Å². The average Bonchev–Trinajstić information content (AvgIpc) is 2.53. The Morgan fingerprint density at radius 1 is 1.22 bits per heavy atom. The van der Waals surface area contributed by atoms with Crippen molar-refractivity contribution in [1.82, 2.24) is 5.32 Å². The summed E-state index contributed by atoms with van der Waals surface area (Å²) < 4.78 is 5.20.